The predicted octanol–water partition coefficient (Wildman–Crippen LogP) is 3.81. The van der Waals surface area contributed by atoms with E-state index in [2.05, 4.69) is 0 Å². The summed E-state index contributed by atoms with van der Waals surface area (Å²) >= 11 is 0. The molecule has 6 heteroatoms. The maximum Gasteiger partial charge on any atom is 0.174 e. The highest BCUT2D eigenvalue weighted by molar-refractivity contribution is 6.03. The van der Waals surface area contributed by atoms with Crippen molar-refractivity contribution in [3.8, 4) is 28.7 Å². The molecule has 3 aromatic rings. The molecule has 4 rings (SSSR count). The van der Waals surface area contributed by atoms with Gasteiger partial charge in [0.15, 0.2) is 5.78 Å². The molecule has 0 radical (unpaired) electrons. The van der Waals surface area contributed by atoms with E-state index in [9.17, 15) is 25.2 Å². The third kappa shape index (κ3) is 3.09. The van der Waals surface area contributed by atoms with Crippen LogP contribution < -0.4 is 4.74 Å². The highest BCUT2D eigenvalue weighted by Gasteiger charge is 2.32. The Morgan fingerprint density at radius 1 is 0.929 bits per heavy atom. The first kappa shape index (κ1) is 17.7. The van der Waals surface area contributed by atoms with Gasteiger partial charge in [0, 0.05) is 18.1 Å². The number of Topliss-reactive ketones (excluding diaryl/α,β-unsaturated/α-hetero) is 1. The van der Waals surface area contributed by atoms with E-state index in [1.807, 2.05) is 0 Å². The molecule has 0 aromatic heterocycles. The second kappa shape index (κ2) is 6.81. The van der Waals surface area contributed by atoms with Gasteiger partial charge in [-0.25, -0.2) is 0 Å². The Morgan fingerprint density at radius 2 is 1.64 bits per heavy atom. The summed E-state index contributed by atoms with van der Waals surface area (Å²) in [6.07, 6.45) is -0.498. The van der Waals surface area contributed by atoms with Crippen molar-refractivity contribution in [2.75, 3.05) is 0 Å². The summed E-state index contributed by atoms with van der Waals surface area (Å²) in [6, 6.07) is 14.2. The Kier molecular flexibility index (Phi) is 4.31. The van der Waals surface area contributed by atoms with E-state index in [-0.39, 0.29) is 58.5 Å². The number of carbonyl (C=O) groups is 1. The zero-order valence-electron chi connectivity index (χ0n) is 14.8. The number of ether oxygens (including phenoxy) is 1. The Balaban J connectivity index is 1.71. The Hall–Kier alpha value is -3.67. The molecule has 28 heavy (non-hydrogen) atoms. The van der Waals surface area contributed by atoms with Crippen molar-refractivity contribution in [1.29, 1.82) is 0 Å². The Morgan fingerprint density at radius 3 is 2.36 bits per heavy atom. The molecule has 4 N–H and O–H groups in total. The average molecular weight is 378 g/mol. The van der Waals surface area contributed by atoms with Gasteiger partial charge in [-0.05, 0) is 29.3 Å². The number of aromatic hydroxyl groups is 4. The van der Waals surface area contributed by atoms with Gasteiger partial charge in [0.1, 0.15) is 40.4 Å². The van der Waals surface area contributed by atoms with Crippen LogP contribution in [0.5, 0.6) is 28.7 Å². The van der Waals surface area contributed by atoms with Crippen LogP contribution in [0.25, 0.3) is 0 Å². The number of phenolic OH excluding ortho intramolecular Hbond substituents is 4. The predicted molar refractivity (Wildman–Crippen MR) is 101 cm³/mol. The maximum absolute atomic E-state index is 12.7. The molecule has 6 nitrogen and oxygen atoms in total. The van der Waals surface area contributed by atoms with E-state index in [0.717, 1.165) is 0 Å². The minimum atomic E-state index is -0.580. The SMILES string of the molecule is O=C1C[C@@H](c2ccc(O)cc2)Oc2cc(O)c(Cc3ccccc3O)c(O)c21. The third-order valence-corrected chi connectivity index (χ3v) is 4.89. The molecule has 3 aromatic carbocycles. The van der Waals surface area contributed by atoms with Crippen LogP contribution in [0, 0.1) is 0 Å². The second-order valence-corrected chi connectivity index (χ2v) is 6.73. The lowest BCUT2D eigenvalue weighted by Crippen LogP contribution is -2.21. The topological polar surface area (TPSA) is 107 Å². The molecule has 0 aliphatic carbocycles. The number of para-hydroxylation sites is 1. The number of hydrogen-bond donors (Lipinski definition) is 4. The van der Waals surface area contributed by atoms with Crippen molar-refractivity contribution >= 4 is 5.78 Å². The molecule has 1 atom stereocenters. The van der Waals surface area contributed by atoms with Crippen LogP contribution in [0.15, 0.2) is 54.6 Å². The summed E-state index contributed by atoms with van der Waals surface area (Å²) in [7, 11) is 0. The smallest absolute Gasteiger partial charge is 0.174 e. The molecule has 1 aliphatic heterocycles. The van der Waals surface area contributed by atoms with Gasteiger partial charge in [-0.2, -0.15) is 0 Å². The fourth-order valence-electron chi connectivity index (χ4n) is 3.40. The van der Waals surface area contributed by atoms with Crippen molar-refractivity contribution in [1.82, 2.24) is 0 Å². The van der Waals surface area contributed by atoms with Gasteiger partial charge in [0.2, 0.25) is 0 Å². The standard InChI is InChI=1S/C22H18O6/c23-14-7-5-12(6-8-14)19-11-18(26)21-20(28-19)10-17(25)15(22(21)27)9-13-3-1-2-4-16(13)24/h1-8,10,19,23-25,27H,9,11H2/t19-/m0/s1. The van der Waals surface area contributed by atoms with Crippen molar-refractivity contribution in [3.05, 3.63) is 76.9 Å². The van der Waals surface area contributed by atoms with Gasteiger partial charge in [-0.3, -0.25) is 4.79 Å². The van der Waals surface area contributed by atoms with Gasteiger partial charge >= 0.3 is 0 Å². The second-order valence-electron chi connectivity index (χ2n) is 6.73. The van der Waals surface area contributed by atoms with E-state index < -0.39 is 6.10 Å². The molecule has 1 aliphatic rings. The number of hydrogen-bond acceptors (Lipinski definition) is 6. The molecule has 1 heterocycles. The van der Waals surface area contributed by atoms with Crippen LogP contribution in [-0.2, 0) is 6.42 Å². The monoisotopic (exact) mass is 378 g/mol. The molecule has 0 spiro atoms. The van der Waals surface area contributed by atoms with Crippen molar-refractivity contribution in [3.63, 3.8) is 0 Å². The highest BCUT2D eigenvalue weighted by Crippen LogP contribution is 2.45. The third-order valence-electron chi connectivity index (χ3n) is 4.89. The highest BCUT2D eigenvalue weighted by atomic mass is 16.5. The lowest BCUT2D eigenvalue weighted by atomic mass is 9.92. The molecule has 0 unspecified atom stereocenters. The fraction of sp³-hybridized carbons (Fsp3) is 0.136. The summed E-state index contributed by atoms with van der Waals surface area (Å²) in [5, 5.41) is 40.4. The fourth-order valence-corrected chi connectivity index (χ4v) is 3.40. The summed E-state index contributed by atoms with van der Waals surface area (Å²) in [5.41, 5.74) is 1.40. The molecule has 0 saturated carbocycles. The molecule has 0 fully saturated rings. The van der Waals surface area contributed by atoms with E-state index in [1.54, 1.807) is 30.3 Å². The van der Waals surface area contributed by atoms with Crippen LogP contribution in [0.4, 0.5) is 0 Å². The van der Waals surface area contributed by atoms with Gasteiger partial charge in [0.05, 0.1) is 6.42 Å². The molecule has 0 amide bonds. The number of fused-ring (bicyclic) bond motifs is 1. The van der Waals surface area contributed by atoms with E-state index >= 15 is 0 Å². The zero-order valence-corrected chi connectivity index (χ0v) is 14.8. The molecule has 0 bridgehead atoms. The first-order valence-electron chi connectivity index (χ1n) is 8.77. The number of carbonyl (C=O) groups excluding carboxylic acids is 1. The first-order chi connectivity index (χ1) is 13.4. The van der Waals surface area contributed by atoms with E-state index in [4.69, 9.17) is 4.74 Å². The van der Waals surface area contributed by atoms with Gasteiger partial charge in [-0.15, -0.1) is 0 Å². The lowest BCUT2D eigenvalue weighted by molar-refractivity contribution is 0.0844. The number of phenols is 4. The average Bonchev–Trinajstić information content (AvgIpc) is 2.66. The van der Waals surface area contributed by atoms with Crippen molar-refractivity contribution < 1.29 is 30.0 Å². The largest absolute Gasteiger partial charge is 0.508 e. The van der Waals surface area contributed by atoms with Gasteiger partial charge < -0.3 is 25.2 Å². The normalized spacial score (nSPS) is 15.7. The Bertz CT molecular complexity index is 1060. The lowest BCUT2D eigenvalue weighted by Gasteiger charge is -2.27. The van der Waals surface area contributed by atoms with Gasteiger partial charge in [-0.1, -0.05) is 30.3 Å². The molecule has 142 valence electrons. The number of benzene rings is 3. The molecular formula is C22H18O6. The maximum atomic E-state index is 12.7. The Labute approximate surface area is 160 Å². The van der Waals surface area contributed by atoms with Gasteiger partial charge in [0.25, 0.3) is 0 Å². The van der Waals surface area contributed by atoms with E-state index in [0.29, 0.717) is 11.1 Å². The van der Waals surface area contributed by atoms with Crippen molar-refractivity contribution in [2.45, 2.75) is 18.9 Å². The van der Waals surface area contributed by atoms with Crippen LogP contribution in [0.3, 0.4) is 0 Å². The van der Waals surface area contributed by atoms with Crippen molar-refractivity contribution in [2.24, 2.45) is 0 Å². The van der Waals surface area contributed by atoms with Crippen LogP contribution in [0.1, 0.15) is 39.6 Å². The molecule has 0 saturated heterocycles. The van der Waals surface area contributed by atoms with E-state index in [1.165, 1.54) is 24.3 Å². The zero-order chi connectivity index (χ0) is 19.8. The summed E-state index contributed by atoms with van der Waals surface area (Å²) in [4.78, 5) is 12.7. The molecular weight excluding hydrogens is 360 g/mol. The summed E-state index contributed by atoms with van der Waals surface area (Å²) in [6.45, 7) is 0. The van der Waals surface area contributed by atoms with Crippen LogP contribution in [-0.4, -0.2) is 26.2 Å². The summed E-state index contributed by atoms with van der Waals surface area (Å²) < 4.78 is 5.85. The minimum Gasteiger partial charge on any atom is -0.508 e. The summed E-state index contributed by atoms with van der Waals surface area (Å²) in [5.74, 6) is -0.629. The number of ketones is 1. The first-order valence-corrected chi connectivity index (χ1v) is 8.77. The quantitative estimate of drug-likeness (QED) is 0.552. The van der Waals surface area contributed by atoms with Crippen LogP contribution >= 0.6 is 0 Å². The minimum absolute atomic E-state index is 0.0200. The number of rotatable bonds is 3. The van der Waals surface area contributed by atoms with Crippen LogP contribution in [0.2, 0.25) is 0 Å².